The van der Waals surface area contributed by atoms with E-state index in [2.05, 4.69) is 4.72 Å². The molecule has 0 amide bonds. The van der Waals surface area contributed by atoms with E-state index in [9.17, 15) is 23.1 Å². The van der Waals surface area contributed by atoms with Gasteiger partial charge in [0.1, 0.15) is 5.75 Å². The summed E-state index contributed by atoms with van der Waals surface area (Å²) in [5.74, 6) is -1.43. The zero-order valence-electron chi connectivity index (χ0n) is 18.4. The molecule has 0 aliphatic rings. The maximum Gasteiger partial charge on any atom is 0.306 e. The number of methoxy groups -OCH3 is 1. The number of sulfonamides is 1. The van der Waals surface area contributed by atoms with Gasteiger partial charge in [-0.3, -0.25) is 9.59 Å². The Bertz CT molecular complexity index is 1260. The second kappa shape index (κ2) is 11.3. The highest BCUT2D eigenvalue weighted by atomic mass is 35.5. The minimum Gasteiger partial charge on any atom is -0.497 e. The fourth-order valence-corrected chi connectivity index (χ4v) is 4.58. The van der Waals surface area contributed by atoms with Gasteiger partial charge in [0.2, 0.25) is 10.0 Å². The SMILES string of the molecule is COc1ccc(C(=O)c2cccc(CC(CCNS(=O)(=O)c3ccc(Cl)cc3)C(=O)O)c2)cc1. The Morgan fingerprint density at radius 2 is 1.68 bits per heavy atom. The predicted molar refractivity (Wildman–Crippen MR) is 129 cm³/mol. The molecule has 0 spiro atoms. The van der Waals surface area contributed by atoms with Gasteiger partial charge in [-0.15, -0.1) is 0 Å². The Balaban J connectivity index is 1.65. The third-order valence-electron chi connectivity index (χ3n) is 5.28. The van der Waals surface area contributed by atoms with Crippen molar-refractivity contribution in [2.45, 2.75) is 17.7 Å². The molecule has 0 fully saturated rings. The fraction of sp³-hybridized carbons (Fsp3) is 0.200. The number of benzene rings is 3. The molecule has 3 rings (SSSR count). The molecule has 1 unspecified atom stereocenters. The number of aliphatic carboxylic acids is 1. The van der Waals surface area contributed by atoms with Crippen LogP contribution in [0.1, 0.15) is 27.9 Å². The zero-order valence-corrected chi connectivity index (χ0v) is 20.0. The van der Waals surface area contributed by atoms with Crippen molar-refractivity contribution >= 4 is 33.4 Å². The summed E-state index contributed by atoms with van der Waals surface area (Å²) in [4.78, 5) is 24.7. The third-order valence-corrected chi connectivity index (χ3v) is 7.01. The Labute approximate surface area is 203 Å². The van der Waals surface area contributed by atoms with Gasteiger partial charge < -0.3 is 9.84 Å². The molecule has 0 aromatic heterocycles. The lowest BCUT2D eigenvalue weighted by Crippen LogP contribution is -2.28. The summed E-state index contributed by atoms with van der Waals surface area (Å²) in [5, 5.41) is 10.1. The first kappa shape index (κ1) is 25.4. The lowest BCUT2D eigenvalue weighted by Gasteiger charge is -2.14. The first-order chi connectivity index (χ1) is 16.2. The minimum atomic E-state index is -3.78. The number of ketones is 1. The number of hydrogen-bond donors (Lipinski definition) is 2. The molecule has 0 heterocycles. The summed E-state index contributed by atoms with van der Waals surface area (Å²) in [6, 6.07) is 19.2. The summed E-state index contributed by atoms with van der Waals surface area (Å²) in [6.45, 7) is -0.0492. The van der Waals surface area contributed by atoms with E-state index in [-0.39, 0.29) is 30.1 Å². The first-order valence-electron chi connectivity index (χ1n) is 10.5. The van der Waals surface area contributed by atoms with Gasteiger partial charge in [-0.25, -0.2) is 13.1 Å². The number of carboxylic acids is 1. The normalized spacial score (nSPS) is 12.2. The average molecular weight is 502 g/mol. The van der Waals surface area contributed by atoms with Crippen molar-refractivity contribution in [2.75, 3.05) is 13.7 Å². The smallest absolute Gasteiger partial charge is 0.306 e. The molecular formula is C25H24ClNO6S. The number of carbonyl (C=O) groups excluding carboxylic acids is 1. The molecule has 0 saturated carbocycles. The number of rotatable bonds is 11. The van der Waals surface area contributed by atoms with Crippen molar-refractivity contribution in [1.29, 1.82) is 0 Å². The van der Waals surface area contributed by atoms with Gasteiger partial charge in [0.05, 0.1) is 17.9 Å². The summed E-state index contributed by atoms with van der Waals surface area (Å²) in [5.41, 5.74) is 1.60. The maximum absolute atomic E-state index is 12.8. The van der Waals surface area contributed by atoms with Crippen LogP contribution in [-0.4, -0.2) is 38.9 Å². The molecule has 0 radical (unpaired) electrons. The molecule has 178 valence electrons. The van der Waals surface area contributed by atoms with Crippen molar-refractivity contribution in [1.82, 2.24) is 4.72 Å². The van der Waals surface area contributed by atoms with Crippen molar-refractivity contribution in [2.24, 2.45) is 5.92 Å². The number of halogens is 1. The standard InChI is InChI=1S/C25H24ClNO6S/c1-33-22-9-5-18(6-10-22)24(28)19-4-2-3-17(15-19)16-20(25(29)30)13-14-27-34(31,32)23-11-7-21(26)8-12-23/h2-12,15,20,27H,13-14,16H2,1H3,(H,29,30). The number of nitrogens with one attached hydrogen (secondary N) is 1. The number of ether oxygens (including phenoxy) is 1. The molecular weight excluding hydrogens is 478 g/mol. The minimum absolute atomic E-state index is 0.0492. The number of hydrogen-bond acceptors (Lipinski definition) is 5. The highest BCUT2D eigenvalue weighted by Crippen LogP contribution is 2.19. The van der Waals surface area contributed by atoms with E-state index in [1.807, 2.05) is 0 Å². The summed E-state index contributed by atoms with van der Waals surface area (Å²) in [6.07, 6.45) is 0.237. The van der Waals surface area contributed by atoms with E-state index in [4.69, 9.17) is 16.3 Å². The maximum atomic E-state index is 12.8. The summed E-state index contributed by atoms with van der Waals surface area (Å²) >= 11 is 5.79. The van der Waals surface area contributed by atoms with Gasteiger partial charge >= 0.3 is 5.97 Å². The third kappa shape index (κ3) is 6.66. The van der Waals surface area contributed by atoms with Gasteiger partial charge in [-0.05, 0) is 73.0 Å². The van der Waals surface area contributed by atoms with E-state index in [0.29, 0.717) is 27.5 Å². The molecule has 9 heteroatoms. The van der Waals surface area contributed by atoms with Crippen LogP contribution in [0, 0.1) is 5.92 Å². The highest BCUT2D eigenvalue weighted by Gasteiger charge is 2.21. The Hall–Kier alpha value is -3.20. The number of carbonyl (C=O) groups is 2. The topological polar surface area (TPSA) is 110 Å². The molecule has 7 nitrogen and oxygen atoms in total. The van der Waals surface area contributed by atoms with Crippen LogP contribution in [0.25, 0.3) is 0 Å². The van der Waals surface area contributed by atoms with Gasteiger partial charge in [0.25, 0.3) is 0 Å². The molecule has 3 aromatic carbocycles. The summed E-state index contributed by atoms with van der Waals surface area (Å²) < 4.78 is 32.3. The largest absolute Gasteiger partial charge is 0.497 e. The molecule has 1 atom stereocenters. The average Bonchev–Trinajstić information content (AvgIpc) is 2.83. The van der Waals surface area contributed by atoms with E-state index in [1.54, 1.807) is 55.6 Å². The molecule has 34 heavy (non-hydrogen) atoms. The van der Waals surface area contributed by atoms with Crippen molar-refractivity contribution in [3.63, 3.8) is 0 Å². The second-order valence-electron chi connectivity index (χ2n) is 7.64. The molecule has 0 bridgehead atoms. The van der Waals surface area contributed by atoms with E-state index >= 15 is 0 Å². The molecule has 3 aromatic rings. The van der Waals surface area contributed by atoms with E-state index < -0.39 is 21.9 Å². The van der Waals surface area contributed by atoms with Crippen LogP contribution in [0.5, 0.6) is 5.75 Å². The first-order valence-corrected chi connectivity index (χ1v) is 12.3. The Kier molecular flexibility index (Phi) is 8.44. The second-order valence-corrected chi connectivity index (χ2v) is 9.84. The predicted octanol–water partition coefficient (Wildman–Crippen LogP) is 4.19. The van der Waals surface area contributed by atoms with Crippen molar-refractivity contribution in [3.8, 4) is 5.75 Å². The van der Waals surface area contributed by atoms with Gasteiger partial charge in [-0.2, -0.15) is 0 Å². The van der Waals surface area contributed by atoms with Crippen LogP contribution in [0.4, 0.5) is 0 Å². The van der Waals surface area contributed by atoms with Crippen LogP contribution >= 0.6 is 11.6 Å². The van der Waals surface area contributed by atoms with Gasteiger partial charge in [-0.1, -0.05) is 29.8 Å². The monoisotopic (exact) mass is 501 g/mol. The van der Waals surface area contributed by atoms with Crippen LogP contribution in [-0.2, 0) is 21.2 Å². The lowest BCUT2D eigenvalue weighted by atomic mass is 9.94. The Morgan fingerprint density at radius 1 is 1.00 bits per heavy atom. The molecule has 2 N–H and O–H groups in total. The molecule has 0 aliphatic heterocycles. The molecule has 0 saturated heterocycles. The zero-order chi connectivity index (χ0) is 24.7. The molecule has 0 aliphatic carbocycles. The van der Waals surface area contributed by atoms with E-state index in [1.165, 1.54) is 24.3 Å². The van der Waals surface area contributed by atoms with Crippen molar-refractivity contribution < 1.29 is 27.9 Å². The van der Waals surface area contributed by atoms with Crippen LogP contribution in [0.3, 0.4) is 0 Å². The lowest BCUT2D eigenvalue weighted by molar-refractivity contribution is -0.141. The number of carboxylic acid groups (broad SMARTS) is 1. The van der Waals surface area contributed by atoms with Gasteiger partial charge in [0.15, 0.2) is 5.78 Å². The fourth-order valence-electron chi connectivity index (χ4n) is 3.41. The van der Waals surface area contributed by atoms with Gasteiger partial charge in [0, 0.05) is 22.7 Å². The van der Waals surface area contributed by atoms with E-state index in [0.717, 1.165) is 0 Å². The van der Waals surface area contributed by atoms with Crippen LogP contribution in [0.2, 0.25) is 5.02 Å². The highest BCUT2D eigenvalue weighted by molar-refractivity contribution is 7.89. The van der Waals surface area contributed by atoms with Crippen LogP contribution in [0.15, 0.2) is 77.7 Å². The van der Waals surface area contributed by atoms with Crippen LogP contribution < -0.4 is 9.46 Å². The van der Waals surface area contributed by atoms with Crippen molar-refractivity contribution in [3.05, 3.63) is 94.5 Å². The summed E-state index contributed by atoms with van der Waals surface area (Å²) in [7, 11) is -2.24. The Morgan fingerprint density at radius 3 is 2.29 bits per heavy atom. The quantitative estimate of drug-likeness (QED) is 0.381.